The third-order valence-electron chi connectivity index (χ3n) is 3.40. The molecule has 1 fully saturated rings. The van der Waals surface area contributed by atoms with Crippen molar-refractivity contribution in [3.63, 3.8) is 0 Å². The minimum Gasteiger partial charge on any atom is -0.372 e. The van der Waals surface area contributed by atoms with Gasteiger partial charge >= 0.3 is 0 Å². The largest absolute Gasteiger partial charge is 0.372 e. The molecule has 20 heavy (non-hydrogen) atoms. The van der Waals surface area contributed by atoms with Crippen LogP contribution in [0.2, 0.25) is 0 Å². The number of rotatable bonds is 3. The van der Waals surface area contributed by atoms with Crippen LogP contribution in [-0.2, 0) is 23.6 Å². The van der Waals surface area contributed by atoms with Crippen LogP contribution in [-0.4, -0.2) is 51.8 Å². The van der Waals surface area contributed by atoms with E-state index in [1.807, 2.05) is 0 Å². The maximum atomic E-state index is 11.8. The summed E-state index contributed by atoms with van der Waals surface area (Å²) in [5.41, 5.74) is 0.691. The van der Waals surface area contributed by atoms with Gasteiger partial charge < -0.3 is 5.32 Å². The minimum absolute atomic E-state index is 0.206. The smallest absolute Gasteiger partial charge is 0.214 e. The molecule has 8 nitrogen and oxygen atoms in total. The number of aryl methyl sites for hydroxylation is 1. The number of hydrogen-bond donors (Lipinski definition) is 1. The highest BCUT2D eigenvalue weighted by atomic mass is 32.2. The van der Waals surface area contributed by atoms with Crippen molar-refractivity contribution >= 4 is 26.9 Å². The Bertz CT molecular complexity index is 754. The van der Waals surface area contributed by atoms with Gasteiger partial charge in [-0.3, -0.25) is 4.68 Å². The molecule has 1 aliphatic heterocycles. The molecule has 2 aromatic heterocycles. The molecular formula is C11H16N6O2S. The normalized spacial score (nSPS) is 18.7. The highest BCUT2D eigenvalue weighted by Crippen LogP contribution is 2.21. The van der Waals surface area contributed by atoms with Gasteiger partial charge in [-0.15, -0.1) is 0 Å². The molecular weight excluding hydrogens is 280 g/mol. The van der Waals surface area contributed by atoms with Gasteiger partial charge in [0.1, 0.15) is 11.6 Å². The van der Waals surface area contributed by atoms with E-state index in [1.165, 1.54) is 4.31 Å². The second kappa shape index (κ2) is 4.67. The lowest BCUT2D eigenvalue weighted by Gasteiger charge is -2.13. The van der Waals surface area contributed by atoms with Gasteiger partial charge in [-0.25, -0.2) is 18.4 Å². The fourth-order valence-electron chi connectivity index (χ4n) is 2.36. The molecule has 0 aromatic carbocycles. The molecule has 3 rings (SSSR count). The first kappa shape index (κ1) is 13.3. The van der Waals surface area contributed by atoms with Crippen molar-refractivity contribution in [2.24, 2.45) is 7.05 Å². The van der Waals surface area contributed by atoms with Crippen molar-refractivity contribution in [3.8, 4) is 0 Å². The molecule has 0 spiro atoms. The van der Waals surface area contributed by atoms with Gasteiger partial charge in [0.2, 0.25) is 10.0 Å². The molecule has 1 N–H and O–H groups in total. The standard InChI is InChI=1S/C11H16N6O2S/c1-12-10-8-6-13-16(2)11(8)15-9(14-10)7-17-4-3-5-20(17,18)19/h6H,3-5,7H2,1-2H3,(H,12,14,15). The Kier molecular flexibility index (Phi) is 3.09. The van der Waals surface area contributed by atoms with Crippen LogP contribution in [0.4, 0.5) is 5.82 Å². The maximum absolute atomic E-state index is 11.8. The molecule has 0 amide bonds. The van der Waals surface area contributed by atoms with E-state index in [0.717, 1.165) is 5.39 Å². The zero-order valence-electron chi connectivity index (χ0n) is 11.4. The molecule has 1 saturated heterocycles. The van der Waals surface area contributed by atoms with E-state index in [9.17, 15) is 8.42 Å². The first-order chi connectivity index (χ1) is 9.51. The second-order valence-corrected chi connectivity index (χ2v) is 6.84. The van der Waals surface area contributed by atoms with Crippen molar-refractivity contribution in [1.82, 2.24) is 24.1 Å². The molecule has 9 heteroatoms. The van der Waals surface area contributed by atoms with E-state index in [0.29, 0.717) is 30.3 Å². The number of sulfonamides is 1. The molecule has 0 atom stereocenters. The van der Waals surface area contributed by atoms with Crippen LogP contribution in [0.1, 0.15) is 12.2 Å². The van der Waals surface area contributed by atoms with Gasteiger partial charge in [-0.2, -0.15) is 9.40 Å². The number of hydrogen-bond acceptors (Lipinski definition) is 6. The average molecular weight is 296 g/mol. The molecule has 108 valence electrons. The quantitative estimate of drug-likeness (QED) is 0.853. The summed E-state index contributed by atoms with van der Waals surface area (Å²) in [6.45, 7) is 0.738. The van der Waals surface area contributed by atoms with Crippen LogP contribution < -0.4 is 5.32 Å². The number of fused-ring (bicyclic) bond motifs is 1. The first-order valence-electron chi connectivity index (χ1n) is 6.35. The summed E-state index contributed by atoms with van der Waals surface area (Å²) < 4.78 is 26.8. The Morgan fingerprint density at radius 3 is 2.85 bits per heavy atom. The molecule has 0 aliphatic carbocycles. The van der Waals surface area contributed by atoms with E-state index >= 15 is 0 Å². The summed E-state index contributed by atoms with van der Waals surface area (Å²) in [4.78, 5) is 8.80. The lowest BCUT2D eigenvalue weighted by molar-refractivity contribution is 0.429. The Morgan fingerprint density at radius 1 is 1.40 bits per heavy atom. The summed E-state index contributed by atoms with van der Waals surface area (Å²) in [7, 11) is 0.421. The van der Waals surface area contributed by atoms with E-state index in [2.05, 4.69) is 20.4 Å². The van der Waals surface area contributed by atoms with Crippen LogP contribution in [0.15, 0.2) is 6.20 Å². The Balaban J connectivity index is 2.01. The highest BCUT2D eigenvalue weighted by molar-refractivity contribution is 7.89. The summed E-state index contributed by atoms with van der Waals surface area (Å²) in [6, 6.07) is 0. The van der Waals surface area contributed by atoms with Gasteiger partial charge in [-0.05, 0) is 6.42 Å². The number of nitrogens with zero attached hydrogens (tertiary/aromatic N) is 5. The number of anilines is 1. The Morgan fingerprint density at radius 2 is 2.20 bits per heavy atom. The third kappa shape index (κ3) is 2.12. The van der Waals surface area contributed by atoms with E-state index in [-0.39, 0.29) is 12.3 Å². The van der Waals surface area contributed by atoms with Gasteiger partial charge in [-0.1, -0.05) is 0 Å². The summed E-state index contributed by atoms with van der Waals surface area (Å²) in [6.07, 6.45) is 2.35. The van der Waals surface area contributed by atoms with Crippen molar-refractivity contribution in [3.05, 3.63) is 12.0 Å². The third-order valence-corrected chi connectivity index (χ3v) is 5.30. The summed E-state index contributed by atoms with van der Waals surface area (Å²) in [5.74, 6) is 1.35. The Labute approximate surface area is 116 Å². The lowest BCUT2D eigenvalue weighted by atomic mass is 10.3. The number of aromatic nitrogens is 4. The maximum Gasteiger partial charge on any atom is 0.214 e. The summed E-state index contributed by atoms with van der Waals surface area (Å²) in [5, 5.41) is 7.97. The zero-order chi connectivity index (χ0) is 14.3. The van der Waals surface area contributed by atoms with Gasteiger partial charge in [0, 0.05) is 20.6 Å². The van der Waals surface area contributed by atoms with Crippen molar-refractivity contribution < 1.29 is 8.42 Å². The number of nitrogens with one attached hydrogen (secondary N) is 1. The first-order valence-corrected chi connectivity index (χ1v) is 7.96. The Hall–Kier alpha value is -1.74. The molecule has 1 aliphatic rings. The highest BCUT2D eigenvalue weighted by Gasteiger charge is 2.29. The van der Waals surface area contributed by atoms with E-state index in [4.69, 9.17) is 0 Å². The van der Waals surface area contributed by atoms with Gasteiger partial charge in [0.15, 0.2) is 5.65 Å². The molecule has 0 saturated carbocycles. The van der Waals surface area contributed by atoms with Gasteiger partial charge in [0.25, 0.3) is 0 Å². The van der Waals surface area contributed by atoms with Crippen LogP contribution >= 0.6 is 0 Å². The predicted molar refractivity (Wildman–Crippen MR) is 74.7 cm³/mol. The molecule has 3 heterocycles. The molecule has 0 radical (unpaired) electrons. The van der Waals surface area contributed by atoms with Crippen LogP contribution in [0, 0.1) is 0 Å². The topological polar surface area (TPSA) is 93.0 Å². The fourth-order valence-corrected chi connectivity index (χ4v) is 3.83. The van der Waals surface area contributed by atoms with E-state index < -0.39 is 10.0 Å². The lowest BCUT2D eigenvalue weighted by Crippen LogP contribution is -2.26. The van der Waals surface area contributed by atoms with Crippen LogP contribution in [0.3, 0.4) is 0 Å². The zero-order valence-corrected chi connectivity index (χ0v) is 12.2. The van der Waals surface area contributed by atoms with Crippen LogP contribution in [0.25, 0.3) is 11.0 Å². The summed E-state index contributed by atoms with van der Waals surface area (Å²) >= 11 is 0. The average Bonchev–Trinajstić information content (AvgIpc) is 2.93. The van der Waals surface area contributed by atoms with Crippen molar-refractivity contribution in [2.45, 2.75) is 13.0 Å². The van der Waals surface area contributed by atoms with Crippen molar-refractivity contribution in [2.75, 3.05) is 24.7 Å². The van der Waals surface area contributed by atoms with Crippen LogP contribution in [0.5, 0.6) is 0 Å². The monoisotopic (exact) mass is 296 g/mol. The molecule has 2 aromatic rings. The minimum atomic E-state index is -3.14. The molecule has 0 bridgehead atoms. The van der Waals surface area contributed by atoms with Crippen molar-refractivity contribution in [1.29, 1.82) is 0 Å². The molecule has 0 unspecified atom stereocenters. The predicted octanol–water partition coefficient (Wildman–Crippen LogP) is -0.0595. The second-order valence-electron chi connectivity index (χ2n) is 4.75. The fraction of sp³-hybridized carbons (Fsp3) is 0.545. The SMILES string of the molecule is CNc1nc(CN2CCCS2(=O)=O)nc2c1cnn2C. The van der Waals surface area contributed by atoms with E-state index in [1.54, 1.807) is 25.0 Å². The van der Waals surface area contributed by atoms with Gasteiger partial charge in [0.05, 0.1) is 23.9 Å².